The molecule has 1 N–H and O–H groups in total. The van der Waals surface area contributed by atoms with Crippen LogP contribution in [0.15, 0.2) is 48.5 Å². The second-order valence-electron chi connectivity index (χ2n) is 7.02. The summed E-state index contributed by atoms with van der Waals surface area (Å²) in [6.45, 7) is 12.5. The zero-order valence-electron chi connectivity index (χ0n) is 15.0. The zero-order valence-corrected chi connectivity index (χ0v) is 15.0. The molecule has 0 saturated heterocycles. The molecule has 0 aliphatic carbocycles. The van der Waals surface area contributed by atoms with E-state index < -0.39 is 0 Å². The lowest BCUT2D eigenvalue weighted by molar-refractivity contribution is 0.332. The van der Waals surface area contributed by atoms with E-state index in [-0.39, 0.29) is 11.5 Å². The molecule has 0 aliphatic rings. The highest BCUT2D eigenvalue weighted by molar-refractivity contribution is 5.36. The van der Waals surface area contributed by atoms with E-state index in [9.17, 15) is 0 Å². The van der Waals surface area contributed by atoms with Crippen molar-refractivity contribution in [3.63, 3.8) is 0 Å². The van der Waals surface area contributed by atoms with Crippen LogP contribution in [0.4, 0.5) is 0 Å². The predicted molar refractivity (Wildman–Crippen MR) is 98.0 cm³/mol. The quantitative estimate of drug-likeness (QED) is 0.788. The first-order valence-electron chi connectivity index (χ1n) is 8.46. The summed E-state index contributed by atoms with van der Waals surface area (Å²) in [5, 5.41) is 3.59. The molecule has 124 valence electrons. The largest absolute Gasteiger partial charge is 0.494 e. The van der Waals surface area contributed by atoms with Gasteiger partial charge in [-0.3, -0.25) is 0 Å². The van der Waals surface area contributed by atoms with Crippen molar-refractivity contribution in [3.05, 3.63) is 65.2 Å². The number of para-hydroxylation sites is 1. The number of hydrogen-bond donors (Lipinski definition) is 1. The Labute approximate surface area is 140 Å². The molecule has 2 aromatic rings. The second kappa shape index (κ2) is 7.65. The lowest BCUT2D eigenvalue weighted by Crippen LogP contribution is -2.19. The van der Waals surface area contributed by atoms with Gasteiger partial charge in [-0.15, -0.1) is 0 Å². The zero-order chi connectivity index (χ0) is 16.9. The molecule has 2 rings (SSSR count). The average molecular weight is 311 g/mol. The minimum atomic E-state index is 0.204. The van der Waals surface area contributed by atoms with Crippen molar-refractivity contribution >= 4 is 0 Å². The molecular weight excluding hydrogens is 282 g/mol. The summed E-state index contributed by atoms with van der Waals surface area (Å²) in [6, 6.07) is 17.4. The van der Waals surface area contributed by atoms with E-state index >= 15 is 0 Å². The van der Waals surface area contributed by atoms with Crippen LogP contribution in [0.25, 0.3) is 0 Å². The standard InChI is InChI=1S/C21H29NO/c1-6-23-20-10-8-7-9-19(20)16(2)22-15-17-11-13-18(14-12-17)21(3,4)5/h7-14,16,22H,6,15H2,1-5H3. The Hall–Kier alpha value is -1.80. The van der Waals surface area contributed by atoms with E-state index in [1.54, 1.807) is 0 Å². The summed E-state index contributed by atoms with van der Waals surface area (Å²) in [5.41, 5.74) is 4.09. The number of ether oxygens (including phenoxy) is 1. The molecule has 0 fully saturated rings. The molecule has 1 atom stereocenters. The summed E-state index contributed by atoms with van der Waals surface area (Å²) < 4.78 is 5.72. The molecule has 2 nitrogen and oxygen atoms in total. The SMILES string of the molecule is CCOc1ccccc1C(C)NCc1ccc(C(C)(C)C)cc1. The minimum absolute atomic E-state index is 0.204. The van der Waals surface area contributed by atoms with Crippen LogP contribution in [0.2, 0.25) is 0 Å². The third-order valence-corrected chi connectivity index (χ3v) is 4.12. The first kappa shape index (κ1) is 17.6. The summed E-state index contributed by atoms with van der Waals surface area (Å²) in [6.07, 6.45) is 0. The predicted octanol–water partition coefficient (Wildman–Crippen LogP) is 5.23. The first-order valence-corrected chi connectivity index (χ1v) is 8.46. The number of rotatable bonds is 6. The van der Waals surface area contributed by atoms with Gasteiger partial charge in [0.15, 0.2) is 0 Å². The molecule has 2 heteroatoms. The molecule has 2 aromatic carbocycles. The average Bonchev–Trinajstić information content (AvgIpc) is 2.53. The van der Waals surface area contributed by atoms with Crippen molar-refractivity contribution in [2.75, 3.05) is 6.61 Å². The van der Waals surface area contributed by atoms with Gasteiger partial charge >= 0.3 is 0 Å². The summed E-state index contributed by atoms with van der Waals surface area (Å²) in [7, 11) is 0. The van der Waals surface area contributed by atoms with E-state index in [2.05, 4.69) is 69.4 Å². The van der Waals surface area contributed by atoms with Crippen molar-refractivity contribution in [2.45, 2.75) is 52.6 Å². The molecule has 0 heterocycles. The van der Waals surface area contributed by atoms with Gasteiger partial charge in [0.1, 0.15) is 5.75 Å². The van der Waals surface area contributed by atoms with E-state index in [0.717, 1.165) is 12.3 Å². The molecule has 0 spiro atoms. The monoisotopic (exact) mass is 311 g/mol. The normalized spacial score (nSPS) is 12.9. The van der Waals surface area contributed by atoms with Crippen molar-refractivity contribution in [3.8, 4) is 5.75 Å². The van der Waals surface area contributed by atoms with Crippen LogP contribution in [-0.4, -0.2) is 6.61 Å². The lowest BCUT2D eigenvalue weighted by atomic mass is 9.87. The highest BCUT2D eigenvalue weighted by atomic mass is 16.5. The van der Waals surface area contributed by atoms with Crippen LogP contribution in [-0.2, 0) is 12.0 Å². The Morgan fingerprint density at radius 3 is 2.26 bits per heavy atom. The van der Waals surface area contributed by atoms with Crippen LogP contribution in [0.1, 0.15) is 57.4 Å². The van der Waals surface area contributed by atoms with Crippen LogP contribution in [0.5, 0.6) is 5.75 Å². The van der Waals surface area contributed by atoms with Crippen LogP contribution >= 0.6 is 0 Å². The first-order chi connectivity index (χ1) is 10.9. The van der Waals surface area contributed by atoms with E-state index in [4.69, 9.17) is 4.74 Å². The molecule has 0 aromatic heterocycles. The summed E-state index contributed by atoms with van der Waals surface area (Å²) in [4.78, 5) is 0. The Bertz CT molecular complexity index is 610. The van der Waals surface area contributed by atoms with Crippen molar-refractivity contribution < 1.29 is 4.74 Å². The maximum Gasteiger partial charge on any atom is 0.124 e. The molecule has 0 radical (unpaired) electrons. The maximum absolute atomic E-state index is 5.72. The van der Waals surface area contributed by atoms with Gasteiger partial charge in [0.25, 0.3) is 0 Å². The van der Waals surface area contributed by atoms with Gasteiger partial charge in [-0.05, 0) is 36.5 Å². The van der Waals surface area contributed by atoms with Crippen molar-refractivity contribution in [2.24, 2.45) is 0 Å². The van der Waals surface area contributed by atoms with E-state index in [1.807, 2.05) is 19.1 Å². The van der Waals surface area contributed by atoms with Crippen molar-refractivity contribution in [1.82, 2.24) is 5.32 Å². The third-order valence-electron chi connectivity index (χ3n) is 4.12. The van der Waals surface area contributed by atoms with Crippen LogP contribution in [0.3, 0.4) is 0 Å². The fraction of sp³-hybridized carbons (Fsp3) is 0.429. The van der Waals surface area contributed by atoms with Gasteiger partial charge in [0.2, 0.25) is 0 Å². The van der Waals surface area contributed by atoms with Gasteiger partial charge in [0, 0.05) is 18.2 Å². The highest BCUT2D eigenvalue weighted by Gasteiger charge is 2.13. The fourth-order valence-electron chi connectivity index (χ4n) is 2.63. The minimum Gasteiger partial charge on any atom is -0.494 e. The summed E-state index contributed by atoms with van der Waals surface area (Å²) >= 11 is 0. The van der Waals surface area contributed by atoms with E-state index in [1.165, 1.54) is 16.7 Å². The third kappa shape index (κ3) is 4.84. The van der Waals surface area contributed by atoms with E-state index in [0.29, 0.717) is 6.61 Å². The molecular formula is C21H29NO. The Morgan fingerprint density at radius 2 is 1.65 bits per heavy atom. The number of nitrogens with one attached hydrogen (secondary N) is 1. The fourth-order valence-corrected chi connectivity index (χ4v) is 2.63. The van der Waals surface area contributed by atoms with Crippen LogP contribution in [0, 0.1) is 0 Å². The van der Waals surface area contributed by atoms with Crippen LogP contribution < -0.4 is 10.1 Å². The van der Waals surface area contributed by atoms with Gasteiger partial charge < -0.3 is 10.1 Å². The highest BCUT2D eigenvalue weighted by Crippen LogP contribution is 2.25. The van der Waals surface area contributed by atoms with Gasteiger partial charge in [-0.1, -0.05) is 63.2 Å². The smallest absolute Gasteiger partial charge is 0.124 e. The number of hydrogen-bond acceptors (Lipinski definition) is 2. The molecule has 0 aliphatic heterocycles. The topological polar surface area (TPSA) is 21.3 Å². The number of benzene rings is 2. The molecule has 0 amide bonds. The molecule has 1 unspecified atom stereocenters. The lowest BCUT2D eigenvalue weighted by Gasteiger charge is -2.20. The van der Waals surface area contributed by atoms with Crippen molar-refractivity contribution in [1.29, 1.82) is 0 Å². The molecule has 23 heavy (non-hydrogen) atoms. The Kier molecular flexibility index (Phi) is 5.84. The molecule has 0 saturated carbocycles. The Balaban J connectivity index is 2.00. The second-order valence-corrected chi connectivity index (χ2v) is 7.02. The maximum atomic E-state index is 5.72. The molecule has 0 bridgehead atoms. The van der Waals surface area contributed by atoms with Gasteiger partial charge in [0.05, 0.1) is 6.61 Å². The van der Waals surface area contributed by atoms with Gasteiger partial charge in [-0.2, -0.15) is 0 Å². The Morgan fingerprint density at radius 1 is 1.00 bits per heavy atom. The summed E-state index contributed by atoms with van der Waals surface area (Å²) in [5.74, 6) is 0.970. The van der Waals surface area contributed by atoms with Gasteiger partial charge in [-0.25, -0.2) is 0 Å².